The van der Waals surface area contributed by atoms with Crippen LogP contribution < -0.4 is 11.2 Å². The first kappa shape index (κ1) is 26.5. The molecule has 1 saturated heterocycles. The lowest BCUT2D eigenvalue weighted by Crippen LogP contribution is -2.43. The Labute approximate surface area is 198 Å². The van der Waals surface area contributed by atoms with Crippen LogP contribution in [0.3, 0.4) is 0 Å². The zero-order valence-corrected chi connectivity index (χ0v) is 19.5. The number of aliphatic hydroxyl groups is 2. The third-order valence-electron chi connectivity index (χ3n) is 5.14. The lowest BCUT2D eigenvalue weighted by molar-refractivity contribution is -0.0547. The fraction of sp³-hybridized carbons (Fsp3) is 0.353. The zero-order valence-electron chi connectivity index (χ0n) is 17.7. The smallest absolute Gasteiger partial charge is 0.387 e. The molecule has 36 heavy (non-hydrogen) atoms. The van der Waals surface area contributed by atoms with Crippen LogP contribution >= 0.6 is 15.6 Å². The number of phosphoric ester groups is 1. The summed E-state index contributed by atoms with van der Waals surface area (Å²) >= 11 is 0. The molecule has 16 nitrogen and oxygen atoms in total. The summed E-state index contributed by atoms with van der Waals surface area (Å²) in [5.74, 6) is -0.697. The monoisotopic (exact) mass is 553 g/mol. The molecule has 19 heteroatoms. The van der Waals surface area contributed by atoms with Crippen LogP contribution in [0.2, 0.25) is 0 Å². The molecule has 0 saturated carbocycles. The van der Waals surface area contributed by atoms with Crippen molar-refractivity contribution in [1.29, 1.82) is 0 Å². The van der Waals surface area contributed by atoms with Crippen molar-refractivity contribution in [3.8, 4) is 0 Å². The van der Waals surface area contributed by atoms with Crippen LogP contribution in [0.5, 0.6) is 0 Å². The number of nitrogens with zero attached hydrogens (tertiary/aromatic N) is 3. The summed E-state index contributed by atoms with van der Waals surface area (Å²) in [7, 11) is -10.7. The average molecular weight is 553 g/mol. The van der Waals surface area contributed by atoms with Crippen LogP contribution in [0.25, 0.3) is 11.0 Å². The largest absolute Gasteiger partial charge is 0.481 e. The van der Waals surface area contributed by atoms with Crippen LogP contribution in [-0.2, 0) is 29.2 Å². The van der Waals surface area contributed by atoms with Gasteiger partial charge >= 0.3 is 21.3 Å². The number of halogens is 1. The van der Waals surface area contributed by atoms with E-state index in [-0.39, 0.29) is 16.7 Å². The molecule has 0 radical (unpaired) electrons. The van der Waals surface area contributed by atoms with E-state index in [2.05, 4.69) is 14.0 Å². The van der Waals surface area contributed by atoms with Crippen molar-refractivity contribution in [3.05, 3.63) is 62.8 Å². The van der Waals surface area contributed by atoms with Gasteiger partial charge in [-0.1, -0.05) is 11.2 Å². The van der Waals surface area contributed by atoms with Crippen molar-refractivity contribution in [2.45, 2.75) is 31.1 Å². The van der Waals surface area contributed by atoms with E-state index in [1.54, 1.807) is 0 Å². The van der Waals surface area contributed by atoms with E-state index in [0.29, 0.717) is 4.57 Å². The zero-order chi connectivity index (χ0) is 26.4. The van der Waals surface area contributed by atoms with Crippen LogP contribution in [0, 0.1) is 5.82 Å². The van der Waals surface area contributed by atoms with Gasteiger partial charge in [0, 0.05) is 12.3 Å². The minimum atomic E-state index is -5.40. The Morgan fingerprint density at radius 1 is 1.11 bits per heavy atom. The molecule has 0 bridgehead atoms. The summed E-state index contributed by atoms with van der Waals surface area (Å²) in [4.78, 5) is 52.0. The van der Waals surface area contributed by atoms with Crippen molar-refractivity contribution in [2.24, 2.45) is 0 Å². The standard InChI is InChI=1S/C17H18FN3O13P2/c18-8-2-1-3-10-13(8)9(19-33-10)6-21-12(22)4-5-20(17(21)25)16-15(24)14(23)11(32-16)7-31-36(29,30)34-35(26,27)28/h1-5,11,14-16,23-24H,6-7H2,(H,29,30)(H2,26,27,28)/t11-,14+,15+,16-/m1/s1. The Bertz CT molecular complexity index is 1500. The van der Waals surface area contributed by atoms with Gasteiger partial charge in [-0.15, -0.1) is 0 Å². The third-order valence-corrected chi connectivity index (χ3v) is 7.30. The maximum Gasteiger partial charge on any atom is 0.481 e. The first-order chi connectivity index (χ1) is 16.8. The second-order valence-corrected chi connectivity index (χ2v) is 10.4. The van der Waals surface area contributed by atoms with Gasteiger partial charge in [-0.25, -0.2) is 18.3 Å². The maximum atomic E-state index is 14.2. The minimum absolute atomic E-state index is 0.0463. The molecule has 3 heterocycles. The summed E-state index contributed by atoms with van der Waals surface area (Å²) in [6, 6.07) is 4.88. The van der Waals surface area contributed by atoms with Crippen LogP contribution in [-0.4, -0.2) is 64.1 Å². The van der Waals surface area contributed by atoms with E-state index in [4.69, 9.17) is 19.0 Å². The van der Waals surface area contributed by atoms with Crippen molar-refractivity contribution >= 4 is 26.6 Å². The molecule has 2 aromatic heterocycles. The molecule has 5 N–H and O–H groups in total. The van der Waals surface area contributed by atoms with E-state index in [1.807, 2.05) is 0 Å². The number of aliphatic hydroxyl groups excluding tert-OH is 2. The molecule has 1 aromatic carbocycles. The van der Waals surface area contributed by atoms with E-state index < -0.39 is 70.4 Å². The van der Waals surface area contributed by atoms with E-state index in [1.165, 1.54) is 12.1 Å². The summed E-state index contributed by atoms with van der Waals surface area (Å²) in [6.45, 7) is -1.50. The van der Waals surface area contributed by atoms with Gasteiger partial charge in [0.2, 0.25) is 0 Å². The molecular formula is C17H18FN3O13P2. The fourth-order valence-corrected chi connectivity index (χ4v) is 5.16. The number of hydrogen-bond acceptors (Lipinski definition) is 11. The summed E-state index contributed by atoms with van der Waals surface area (Å²) < 4.78 is 56.3. The van der Waals surface area contributed by atoms with Gasteiger partial charge in [-0.3, -0.25) is 18.5 Å². The molecule has 5 atom stereocenters. The number of aromatic nitrogens is 3. The van der Waals surface area contributed by atoms with Crippen molar-refractivity contribution in [2.75, 3.05) is 6.61 Å². The maximum absolute atomic E-state index is 14.2. The van der Waals surface area contributed by atoms with Crippen molar-refractivity contribution < 1.29 is 56.5 Å². The highest BCUT2D eigenvalue weighted by atomic mass is 31.3. The van der Waals surface area contributed by atoms with Gasteiger partial charge in [0.25, 0.3) is 5.56 Å². The highest BCUT2D eigenvalue weighted by Gasteiger charge is 2.46. The van der Waals surface area contributed by atoms with Crippen LogP contribution in [0.1, 0.15) is 11.9 Å². The van der Waals surface area contributed by atoms with Crippen molar-refractivity contribution in [1.82, 2.24) is 14.3 Å². The predicted octanol–water partition coefficient (Wildman–Crippen LogP) is -0.816. The van der Waals surface area contributed by atoms with E-state index >= 15 is 0 Å². The summed E-state index contributed by atoms with van der Waals surface area (Å²) in [5.41, 5.74) is -1.85. The number of rotatable bonds is 8. The quantitative estimate of drug-likeness (QED) is 0.215. The van der Waals surface area contributed by atoms with E-state index in [0.717, 1.165) is 22.9 Å². The topological polar surface area (TPSA) is 233 Å². The van der Waals surface area contributed by atoms with Gasteiger partial charge < -0.3 is 34.2 Å². The predicted molar refractivity (Wildman–Crippen MR) is 113 cm³/mol. The second kappa shape index (κ2) is 9.72. The Hall–Kier alpha value is -2.56. The number of ether oxygens (including phenoxy) is 1. The summed E-state index contributed by atoms with van der Waals surface area (Å²) in [6.07, 6.45) is -5.84. The Morgan fingerprint density at radius 3 is 2.53 bits per heavy atom. The second-order valence-electron chi connectivity index (χ2n) is 7.56. The number of benzene rings is 1. The molecule has 0 aliphatic carbocycles. The number of hydrogen-bond donors (Lipinski definition) is 5. The molecule has 196 valence electrons. The molecule has 1 aliphatic heterocycles. The Balaban J connectivity index is 1.58. The van der Waals surface area contributed by atoms with Gasteiger partial charge in [0.1, 0.15) is 29.8 Å². The molecule has 0 amide bonds. The summed E-state index contributed by atoms with van der Waals surface area (Å²) in [5, 5.41) is 24.2. The average Bonchev–Trinajstić information content (AvgIpc) is 3.30. The lowest BCUT2D eigenvalue weighted by Gasteiger charge is -2.19. The van der Waals surface area contributed by atoms with Gasteiger partial charge in [-0.2, -0.15) is 4.31 Å². The molecule has 4 rings (SSSR count). The van der Waals surface area contributed by atoms with Crippen LogP contribution in [0.15, 0.2) is 44.6 Å². The third kappa shape index (κ3) is 5.40. The fourth-order valence-electron chi connectivity index (χ4n) is 3.56. The van der Waals surface area contributed by atoms with E-state index in [9.17, 15) is 38.2 Å². The molecule has 1 fully saturated rings. The molecule has 0 spiro atoms. The minimum Gasteiger partial charge on any atom is -0.387 e. The highest BCUT2D eigenvalue weighted by molar-refractivity contribution is 7.60. The molecule has 1 aliphatic rings. The Kier molecular flexibility index (Phi) is 7.15. The van der Waals surface area contributed by atoms with Crippen molar-refractivity contribution in [3.63, 3.8) is 0 Å². The van der Waals surface area contributed by atoms with Gasteiger partial charge in [-0.05, 0) is 12.1 Å². The highest BCUT2D eigenvalue weighted by Crippen LogP contribution is 2.57. The first-order valence-corrected chi connectivity index (χ1v) is 12.9. The molecule has 3 aromatic rings. The van der Waals surface area contributed by atoms with Crippen LogP contribution in [0.4, 0.5) is 4.39 Å². The number of fused-ring (bicyclic) bond motifs is 1. The van der Waals surface area contributed by atoms with Gasteiger partial charge in [0.15, 0.2) is 11.8 Å². The SMILES string of the molecule is O=c1ccn([C@@H]2O[C@H](COP(=O)(O)OP(=O)(O)O)[C@H](O)[C@@H]2O)c(=O)n1Cc1noc2cccc(F)c12. The lowest BCUT2D eigenvalue weighted by atomic mass is 10.1. The first-order valence-electron chi connectivity index (χ1n) is 9.88. The normalized spacial score (nSPS) is 24.3. The number of phosphoric acid groups is 2. The Morgan fingerprint density at radius 2 is 1.83 bits per heavy atom. The molecule has 1 unspecified atom stereocenters. The van der Waals surface area contributed by atoms with Gasteiger partial charge in [0.05, 0.1) is 18.5 Å². The molecular weight excluding hydrogens is 535 g/mol.